The maximum atomic E-state index is 4.54. The molecular weight excluding hydrogens is 230 g/mol. The van der Waals surface area contributed by atoms with Gasteiger partial charge in [-0.25, -0.2) is 9.97 Å². The maximum Gasteiger partial charge on any atom is 0.178 e. The van der Waals surface area contributed by atoms with Gasteiger partial charge in [-0.15, -0.1) is 11.3 Å². The fraction of sp³-hybridized carbons (Fsp3) is 0.231. The number of hydrogen-bond donors (Lipinski definition) is 1. The first-order valence-electron chi connectivity index (χ1n) is 5.54. The monoisotopic (exact) mass is 243 g/mol. The lowest BCUT2D eigenvalue weighted by Gasteiger charge is -1.88. The molecule has 0 saturated heterocycles. The summed E-state index contributed by atoms with van der Waals surface area (Å²) in [6.45, 7) is 6.24. The molecule has 0 amide bonds. The number of hydrogen-bond acceptors (Lipinski definition) is 3. The SMILES string of the molecule is Cc1ccc2[nH]c(-c3cc(C)c(C)s3)nc2n1. The number of aromatic nitrogens is 3. The van der Waals surface area contributed by atoms with Crippen LogP contribution in [-0.4, -0.2) is 15.0 Å². The van der Waals surface area contributed by atoms with Crippen molar-refractivity contribution in [3.8, 4) is 10.7 Å². The molecule has 0 aromatic carbocycles. The van der Waals surface area contributed by atoms with E-state index in [0.717, 1.165) is 22.7 Å². The molecule has 3 nitrogen and oxygen atoms in total. The highest BCUT2D eigenvalue weighted by molar-refractivity contribution is 7.15. The molecule has 3 heterocycles. The van der Waals surface area contributed by atoms with Crippen LogP contribution in [0.3, 0.4) is 0 Å². The average molecular weight is 243 g/mol. The summed E-state index contributed by atoms with van der Waals surface area (Å²) >= 11 is 1.77. The zero-order valence-corrected chi connectivity index (χ0v) is 10.9. The molecule has 3 aromatic rings. The summed E-state index contributed by atoms with van der Waals surface area (Å²) in [5.74, 6) is 0.916. The minimum absolute atomic E-state index is 0.795. The van der Waals surface area contributed by atoms with Crippen LogP contribution in [0, 0.1) is 20.8 Å². The van der Waals surface area contributed by atoms with Crippen molar-refractivity contribution in [2.24, 2.45) is 0 Å². The van der Waals surface area contributed by atoms with E-state index in [4.69, 9.17) is 0 Å². The van der Waals surface area contributed by atoms with E-state index < -0.39 is 0 Å². The summed E-state index contributed by atoms with van der Waals surface area (Å²) in [5, 5.41) is 0. The molecule has 0 saturated carbocycles. The highest BCUT2D eigenvalue weighted by Crippen LogP contribution is 2.29. The lowest BCUT2D eigenvalue weighted by Crippen LogP contribution is -1.80. The molecule has 0 radical (unpaired) electrons. The normalized spacial score (nSPS) is 11.2. The van der Waals surface area contributed by atoms with Crippen molar-refractivity contribution in [1.29, 1.82) is 0 Å². The third-order valence-electron chi connectivity index (χ3n) is 2.88. The highest BCUT2D eigenvalue weighted by atomic mass is 32.1. The average Bonchev–Trinajstić information content (AvgIpc) is 2.83. The largest absolute Gasteiger partial charge is 0.336 e. The molecule has 0 atom stereocenters. The van der Waals surface area contributed by atoms with E-state index in [1.807, 2.05) is 19.1 Å². The first-order chi connectivity index (χ1) is 8.13. The fourth-order valence-corrected chi connectivity index (χ4v) is 2.77. The molecule has 86 valence electrons. The molecule has 0 aliphatic heterocycles. The third kappa shape index (κ3) is 1.74. The van der Waals surface area contributed by atoms with Gasteiger partial charge in [0.15, 0.2) is 11.5 Å². The molecule has 17 heavy (non-hydrogen) atoms. The zero-order chi connectivity index (χ0) is 12.0. The summed E-state index contributed by atoms with van der Waals surface area (Å²) in [6, 6.07) is 6.20. The van der Waals surface area contributed by atoms with Gasteiger partial charge in [0.1, 0.15) is 0 Å². The van der Waals surface area contributed by atoms with Gasteiger partial charge in [0.25, 0.3) is 0 Å². The first-order valence-corrected chi connectivity index (χ1v) is 6.36. The molecule has 3 rings (SSSR count). The van der Waals surface area contributed by atoms with Crippen molar-refractivity contribution in [1.82, 2.24) is 15.0 Å². The number of fused-ring (bicyclic) bond motifs is 1. The van der Waals surface area contributed by atoms with Gasteiger partial charge in [-0.05, 0) is 44.5 Å². The molecule has 0 aliphatic rings. The summed E-state index contributed by atoms with van der Waals surface area (Å²) in [7, 11) is 0. The van der Waals surface area contributed by atoms with Crippen LogP contribution in [-0.2, 0) is 0 Å². The van der Waals surface area contributed by atoms with E-state index >= 15 is 0 Å². The Hall–Kier alpha value is -1.68. The molecule has 1 N–H and O–H groups in total. The summed E-state index contributed by atoms with van der Waals surface area (Å²) in [5.41, 5.74) is 4.10. The molecular formula is C13H13N3S. The number of pyridine rings is 1. The molecule has 0 aliphatic carbocycles. The first kappa shape index (κ1) is 10.5. The van der Waals surface area contributed by atoms with Crippen LogP contribution in [0.5, 0.6) is 0 Å². The predicted molar refractivity (Wildman–Crippen MR) is 71.4 cm³/mol. The van der Waals surface area contributed by atoms with Crippen LogP contribution in [0.15, 0.2) is 18.2 Å². The van der Waals surface area contributed by atoms with Crippen LogP contribution >= 0.6 is 11.3 Å². The van der Waals surface area contributed by atoms with Gasteiger partial charge in [-0.1, -0.05) is 0 Å². The summed E-state index contributed by atoms with van der Waals surface area (Å²) in [4.78, 5) is 14.8. The number of imidazole rings is 1. The Bertz CT molecular complexity index is 674. The topological polar surface area (TPSA) is 41.6 Å². The van der Waals surface area contributed by atoms with Gasteiger partial charge in [0.2, 0.25) is 0 Å². The minimum Gasteiger partial charge on any atom is -0.336 e. The molecule has 4 heteroatoms. The van der Waals surface area contributed by atoms with Gasteiger partial charge in [0, 0.05) is 10.6 Å². The number of thiophene rings is 1. The second-order valence-corrected chi connectivity index (χ2v) is 5.52. The molecule has 3 aromatic heterocycles. The summed E-state index contributed by atoms with van der Waals surface area (Å²) in [6.07, 6.45) is 0. The molecule has 0 unspecified atom stereocenters. The number of aryl methyl sites for hydroxylation is 3. The van der Waals surface area contributed by atoms with E-state index in [0.29, 0.717) is 0 Å². The van der Waals surface area contributed by atoms with Gasteiger partial charge in [-0.2, -0.15) is 0 Å². The highest BCUT2D eigenvalue weighted by Gasteiger charge is 2.09. The van der Waals surface area contributed by atoms with Crippen LogP contribution in [0.1, 0.15) is 16.1 Å². The van der Waals surface area contributed by atoms with E-state index in [2.05, 4.69) is 34.9 Å². The third-order valence-corrected chi connectivity index (χ3v) is 4.04. The number of aromatic amines is 1. The lowest BCUT2D eigenvalue weighted by atomic mass is 10.3. The van der Waals surface area contributed by atoms with Gasteiger partial charge < -0.3 is 4.98 Å². The van der Waals surface area contributed by atoms with E-state index in [-0.39, 0.29) is 0 Å². The number of nitrogens with one attached hydrogen (secondary N) is 1. The predicted octanol–water partition coefficient (Wildman–Crippen LogP) is 3.61. The van der Waals surface area contributed by atoms with Crippen molar-refractivity contribution in [2.75, 3.05) is 0 Å². The van der Waals surface area contributed by atoms with Crippen molar-refractivity contribution in [3.63, 3.8) is 0 Å². The van der Waals surface area contributed by atoms with Gasteiger partial charge >= 0.3 is 0 Å². The molecule has 0 fully saturated rings. The van der Waals surface area contributed by atoms with Crippen LogP contribution in [0.2, 0.25) is 0 Å². The Kier molecular flexibility index (Phi) is 2.26. The van der Waals surface area contributed by atoms with Crippen LogP contribution in [0.4, 0.5) is 0 Å². The second kappa shape index (κ2) is 3.67. The quantitative estimate of drug-likeness (QED) is 0.709. The minimum atomic E-state index is 0.795. The lowest BCUT2D eigenvalue weighted by molar-refractivity contribution is 1.22. The number of rotatable bonds is 1. The fourth-order valence-electron chi connectivity index (χ4n) is 1.79. The van der Waals surface area contributed by atoms with Crippen molar-refractivity contribution in [2.45, 2.75) is 20.8 Å². The molecule has 0 bridgehead atoms. The zero-order valence-electron chi connectivity index (χ0n) is 10.0. The van der Waals surface area contributed by atoms with E-state index in [1.54, 1.807) is 11.3 Å². The Balaban J connectivity index is 2.17. The van der Waals surface area contributed by atoms with Crippen LogP contribution in [0.25, 0.3) is 21.9 Å². The number of nitrogens with zero attached hydrogens (tertiary/aromatic N) is 2. The summed E-state index contributed by atoms with van der Waals surface area (Å²) < 4.78 is 0. The Labute approximate surface area is 104 Å². The van der Waals surface area contributed by atoms with E-state index in [9.17, 15) is 0 Å². The Morgan fingerprint density at radius 1 is 1.12 bits per heavy atom. The maximum absolute atomic E-state index is 4.54. The van der Waals surface area contributed by atoms with Crippen molar-refractivity contribution >= 4 is 22.5 Å². The standard InChI is InChI=1S/C13H13N3S/c1-7-6-11(17-9(7)3)13-15-10-5-4-8(2)14-12(10)16-13/h4-6H,1-3H3,(H,14,15,16). The Morgan fingerprint density at radius 2 is 1.94 bits per heavy atom. The van der Waals surface area contributed by atoms with Crippen LogP contribution < -0.4 is 0 Å². The second-order valence-electron chi connectivity index (χ2n) is 4.26. The molecule has 0 spiro atoms. The Morgan fingerprint density at radius 3 is 2.65 bits per heavy atom. The van der Waals surface area contributed by atoms with Crippen molar-refractivity contribution in [3.05, 3.63) is 34.3 Å². The van der Waals surface area contributed by atoms with E-state index in [1.165, 1.54) is 15.3 Å². The smallest absolute Gasteiger partial charge is 0.178 e. The van der Waals surface area contributed by atoms with Crippen molar-refractivity contribution < 1.29 is 0 Å². The van der Waals surface area contributed by atoms with Gasteiger partial charge in [0.05, 0.1) is 10.4 Å². The number of H-pyrrole nitrogens is 1. The van der Waals surface area contributed by atoms with Gasteiger partial charge in [-0.3, -0.25) is 0 Å².